The van der Waals surface area contributed by atoms with Crippen LogP contribution < -0.4 is 5.32 Å². The van der Waals surface area contributed by atoms with E-state index in [1.54, 1.807) is 0 Å². The monoisotopic (exact) mass is 305 g/mol. The molecular weight excluding hydrogens is 282 g/mol. The van der Waals surface area contributed by atoms with E-state index in [2.05, 4.69) is 19.2 Å². The molecule has 1 aromatic rings. The lowest BCUT2D eigenvalue weighted by atomic mass is 9.90. The molecular formula is C16H23F4N. The van der Waals surface area contributed by atoms with Gasteiger partial charge in [0.15, 0.2) is 0 Å². The number of nitrogens with one attached hydrogen (secondary N) is 1. The van der Waals surface area contributed by atoms with Crippen LogP contribution in [0.2, 0.25) is 0 Å². The SMILES string of the molecule is CCNC(CC(CC)CC)c1ccc(F)c(C(F)(F)F)c1. The van der Waals surface area contributed by atoms with Gasteiger partial charge in [-0.05, 0) is 36.6 Å². The first-order valence-electron chi connectivity index (χ1n) is 7.43. The molecule has 0 saturated carbocycles. The van der Waals surface area contributed by atoms with Crippen molar-refractivity contribution < 1.29 is 17.6 Å². The van der Waals surface area contributed by atoms with Crippen molar-refractivity contribution in [3.63, 3.8) is 0 Å². The summed E-state index contributed by atoms with van der Waals surface area (Å²) in [5.41, 5.74) is -0.690. The van der Waals surface area contributed by atoms with Crippen molar-refractivity contribution in [1.82, 2.24) is 5.32 Å². The lowest BCUT2D eigenvalue weighted by molar-refractivity contribution is -0.140. The van der Waals surface area contributed by atoms with Crippen LogP contribution in [0.1, 0.15) is 57.2 Å². The van der Waals surface area contributed by atoms with Gasteiger partial charge in [-0.3, -0.25) is 0 Å². The van der Waals surface area contributed by atoms with Gasteiger partial charge in [0.1, 0.15) is 5.82 Å². The predicted molar refractivity (Wildman–Crippen MR) is 76.5 cm³/mol. The summed E-state index contributed by atoms with van der Waals surface area (Å²) < 4.78 is 51.8. The quantitative estimate of drug-likeness (QED) is 0.672. The first-order valence-corrected chi connectivity index (χ1v) is 7.43. The summed E-state index contributed by atoms with van der Waals surface area (Å²) in [4.78, 5) is 0. The summed E-state index contributed by atoms with van der Waals surface area (Å²) in [6.07, 6.45) is -1.95. The third-order valence-corrected chi connectivity index (χ3v) is 3.87. The minimum Gasteiger partial charge on any atom is -0.310 e. The van der Waals surface area contributed by atoms with E-state index >= 15 is 0 Å². The Balaban J connectivity index is 3.08. The van der Waals surface area contributed by atoms with Crippen molar-refractivity contribution in [2.24, 2.45) is 5.92 Å². The Morgan fingerprint density at radius 1 is 1.10 bits per heavy atom. The smallest absolute Gasteiger partial charge is 0.310 e. The average molecular weight is 305 g/mol. The molecule has 0 saturated heterocycles. The third-order valence-electron chi connectivity index (χ3n) is 3.87. The van der Waals surface area contributed by atoms with E-state index in [0.29, 0.717) is 18.0 Å². The molecule has 1 rings (SSSR count). The summed E-state index contributed by atoms with van der Waals surface area (Å²) in [5.74, 6) is -0.780. The minimum atomic E-state index is -4.66. The Hall–Kier alpha value is -1.10. The second-order valence-electron chi connectivity index (χ2n) is 5.27. The lowest BCUT2D eigenvalue weighted by Gasteiger charge is -2.24. The molecule has 0 bridgehead atoms. The number of halogens is 4. The van der Waals surface area contributed by atoms with Crippen molar-refractivity contribution >= 4 is 0 Å². The molecule has 21 heavy (non-hydrogen) atoms. The van der Waals surface area contributed by atoms with Crippen LogP contribution in [0.15, 0.2) is 18.2 Å². The molecule has 120 valence electrons. The Bertz CT molecular complexity index is 438. The maximum absolute atomic E-state index is 13.4. The highest BCUT2D eigenvalue weighted by molar-refractivity contribution is 5.29. The number of alkyl halides is 3. The molecule has 5 heteroatoms. The third kappa shape index (κ3) is 4.99. The van der Waals surface area contributed by atoms with Crippen molar-refractivity contribution in [2.75, 3.05) is 6.54 Å². The second kappa shape index (κ2) is 7.78. The minimum absolute atomic E-state index is 0.179. The molecule has 0 aromatic heterocycles. The molecule has 0 aliphatic rings. The van der Waals surface area contributed by atoms with Gasteiger partial charge in [-0.25, -0.2) is 4.39 Å². The van der Waals surface area contributed by atoms with E-state index in [1.165, 1.54) is 6.07 Å². The molecule has 0 heterocycles. The average Bonchev–Trinajstić information content (AvgIpc) is 2.43. The molecule has 0 amide bonds. The maximum Gasteiger partial charge on any atom is 0.419 e. The van der Waals surface area contributed by atoms with Crippen LogP contribution in [-0.4, -0.2) is 6.54 Å². The van der Waals surface area contributed by atoms with Gasteiger partial charge < -0.3 is 5.32 Å². The van der Waals surface area contributed by atoms with Crippen LogP contribution in [0, 0.1) is 11.7 Å². The van der Waals surface area contributed by atoms with Crippen molar-refractivity contribution in [3.8, 4) is 0 Å². The first-order chi connectivity index (χ1) is 9.83. The molecule has 1 aromatic carbocycles. The van der Waals surface area contributed by atoms with E-state index < -0.39 is 17.6 Å². The highest BCUT2D eigenvalue weighted by atomic mass is 19.4. The maximum atomic E-state index is 13.4. The van der Waals surface area contributed by atoms with Crippen molar-refractivity contribution in [3.05, 3.63) is 35.1 Å². The molecule has 1 atom stereocenters. The Morgan fingerprint density at radius 2 is 1.71 bits per heavy atom. The fraction of sp³-hybridized carbons (Fsp3) is 0.625. The van der Waals surface area contributed by atoms with Crippen molar-refractivity contribution in [1.29, 1.82) is 0 Å². The summed E-state index contributed by atoms with van der Waals surface area (Å²) in [7, 11) is 0. The first kappa shape index (κ1) is 18.0. The van der Waals surface area contributed by atoms with E-state index in [9.17, 15) is 17.6 Å². The molecule has 0 fully saturated rings. The van der Waals surface area contributed by atoms with E-state index in [1.807, 2.05) is 6.92 Å². The number of hydrogen-bond acceptors (Lipinski definition) is 1. The highest BCUT2D eigenvalue weighted by Crippen LogP contribution is 2.34. The topological polar surface area (TPSA) is 12.0 Å². The lowest BCUT2D eigenvalue weighted by Crippen LogP contribution is -2.24. The molecule has 0 spiro atoms. The standard InChI is InChI=1S/C16H23F4N/c1-4-11(5-2)9-15(21-6-3)12-7-8-14(17)13(10-12)16(18,19)20/h7-8,10-11,15,21H,4-6,9H2,1-3H3. The van der Waals surface area contributed by atoms with Crippen LogP contribution in [0.3, 0.4) is 0 Å². The van der Waals surface area contributed by atoms with Gasteiger partial charge in [0, 0.05) is 6.04 Å². The zero-order chi connectivity index (χ0) is 16.0. The number of benzene rings is 1. The van der Waals surface area contributed by atoms with Crippen LogP contribution in [0.25, 0.3) is 0 Å². The molecule has 0 aliphatic carbocycles. The van der Waals surface area contributed by atoms with Gasteiger partial charge >= 0.3 is 6.18 Å². The molecule has 1 unspecified atom stereocenters. The Kier molecular flexibility index (Phi) is 6.65. The molecule has 1 N–H and O–H groups in total. The molecule has 1 nitrogen and oxygen atoms in total. The summed E-state index contributed by atoms with van der Waals surface area (Å²) in [6.45, 7) is 6.71. The normalized spacial score (nSPS) is 13.7. The zero-order valence-electron chi connectivity index (χ0n) is 12.7. The van der Waals surface area contributed by atoms with Crippen LogP contribution in [0.4, 0.5) is 17.6 Å². The van der Waals surface area contributed by atoms with Crippen molar-refractivity contribution in [2.45, 2.75) is 52.3 Å². The van der Waals surface area contributed by atoms with Gasteiger partial charge in [0.2, 0.25) is 0 Å². The van der Waals surface area contributed by atoms with Gasteiger partial charge in [-0.1, -0.05) is 39.7 Å². The van der Waals surface area contributed by atoms with Gasteiger partial charge in [0.25, 0.3) is 0 Å². The van der Waals surface area contributed by atoms with Crippen LogP contribution in [-0.2, 0) is 6.18 Å². The molecule has 0 radical (unpaired) electrons. The summed E-state index contributed by atoms with van der Waals surface area (Å²) in [5, 5.41) is 3.21. The number of hydrogen-bond donors (Lipinski definition) is 1. The highest BCUT2D eigenvalue weighted by Gasteiger charge is 2.34. The van der Waals surface area contributed by atoms with Crippen LogP contribution in [0.5, 0.6) is 0 Å². The summed E-state index contributed by atoms with van der Waals surface area (Å²) in [6, 6.07) is 3.11. The Morgan fingerprint density at radius 3 is 2.19 bits per heavy atom. The van der Waals surface area contributed by atoms with E-state index in [0.717, 1.165) is 31.4 Å². The fourth-order valence-corrected chi connectivity index (χ4v) is 2.52. The fourth-order valence-electron chi connectivity index (χ4n) is 2.52. The second-order valence-corrected chi connectivity index (χ2v) is 5.27. The summed E-state index contributed by atoms with van der Waals surface area (Å²) >= 11 is 0. The molecule has 0 aliphatic heterocycles. The number of rotatable bonds is 7. The van der Waals surface area contributed by atoms with Gasteiger partial charge in [0.05, 0.1) is 5.56 Å². The van der Waals surface area contributed by atoms with Crippen LogP contribution >= 0.6 is 0 Å². The van der Waals surface area contributed by atoms with Gasteiger partial charge in [-0.2, -0.15) is 13.2 Å². The van der Waals surface area contributed by atoms with E-state index in [4.69, 9.17) is 0 Å². The largest absolute Gasteiger partial charge is 0.419 e. The van der Waals surface area contributed by atoms with Gasteiger partial charge in [-0.15, -0.1) is 0 Å². The predicted octanol–water partition coefficient (Wildman–Crippen LogP) is 5.32. The zero-order valence-corrected chi connectivity index (χ0v) is 12.7. The Labute approximate surface area is 123 Å². The van der Waals surface area contributed by atoms with E-state index in [-0.39, 0.29) is 6.04 Å².